The predicted molar refractivity (Wildman–Crippen MR) is 81.8 cm³/mol. The van der Waals surface area contributed by atoms with Crippen LogP contribution in [0.5, 0.6) is 0 Å². The summed E-state index contributed by atoms with van der Waals surface area (Å²) in [5.74, 6) is 0. The zero-order chi connectivity index (χ0) is 13.4. The van der Waals surface area contributed by atoms with Gasteiger partial charge in [0.25, 0.3) is 0 Å². The van der Waals surface area contributed by atoms with Crippen molar-refractivity contribution in [1.29, 1.82) is 0 Å². The lowest BCUT2D eigenvalue weighted by molar-refractivity contribution is 0.334. The Bertz CT molecular complexity index is 582. The number of hydrogen-bond donors (Lipinski definition) is 1. The highest BCUT2D eigenvalue weighted by Crippen LogP contribution is 2.30. The minimum Gasteiger partial charge on any atom is -0.340 e. The summed E-state index contributed by atoms with van der Waals surface area (Å²) < 4.78 is 2.36. The van der Waals surface area contributed by atoms with Gasteiger partial charge in [-0.1, -0.05) is 30.2 Å². The van der Waals surface area contributed by atoms with Crippen LogP contribution in [0.1, 0.15) is 44.8 Å². The molecule has 1 aliphatic rings. The number of aromatic nitrogens is 1. The third kappa shape index (κ3) is 2.39. The first kappa shape index (κ1) is 13.0. The van der Waals surface area contributed by atoms with E-state index < -0.39 is 0 Å². The van der Waals surface area contributed by atoms with Gasteiger partial charge in [-0.15, -0.1) is 0 Å². The number of nitrogens with one attached hydrogen (secondary N) is 1. The van der Waals surface area contributed by atoms with Crippen LogP contribution in [-0.2, 0) is 6.54 Å². The first-order valence-corrected chi connectivity index (χ1v) is 7.56. The van der Waals surface area contributed by atoms with Crippen LogP contribution in [0.3, 0.4) is 0 Å². The molecule has 1 fully saturated rings. The zero-order valence-electron chi connectivity index (χ0n) is 11.6. The topological polar surface area (TPSA) is 17.0 Å². The van der Waals surface area contributed by atoms with Gasteiger partial charge in [0, 0.05) is 29.7 Å². The normalized spacial score (nSPS) is 16.2. The van der Waals surface area contributed by atoms with E-state index in [-0.39, 0.29) is 0 Å². The van der Waals surface area contributed by atoms with Crippen molar-refractivity contribution < 1.29 is 0 Å². The molecule has 0 spiro atoms. The van der Waals surface area contributed by atoms with Gasteiger partial charge in [-0.05, 0) is 38.8 Å². The van der Waals surface area contributed by atoms with E-state index in [1.807, 2.05) is 12.1 Å². The second-order valence-corrected chi connectivity index (χ2v) is 6.19. The van der Waals surface area contributed by atoms with Gasteiger partial charge in [-0.2, -0.15) is 0 Å². The molecule has 0 bridgehead atoms. The number of rotatable bonds is 4. The first-order chi connectivity index (χ1) is 9.16. The third-order valence-electron chi connectivity index (χ3n) is 4.08. The van der Waals surface area contributed by atoms with E-state index in [4.69, 9.17) is 11.6 Å². The second kappa shape index (κ2) is 5.18. The number of fused-ring (bicyclic) bond motifs is 1. The van der Waals surface area contributed by atoms with Crippen LogP contribution < -0.4 is 5.32 Å². The van der Waals surface area contributed by atoms with E-state index in [0.717, 1.165) is 11.6 Å². The maximum Gasteiger partial charge on any atom is 0.0674 e. The molecule has 0 amide bonds. The molecule has 0 aliphatic heterocycles. The number of nitrogens with zero attached hydrogens (tertiary/aromatic N) is 1. The fourth-order valence-electron chi connectivity index (χ4n) is 2.88. The molecular formula is C16H21ClN2. The Labute approximate surface area is 119 Å². The average Bonchev–Trinajstić information content (AvgIpc) is 2.67. The molecule has 3 rings (SSSR count). The SMILES string of the molecule is CC(C)n1c(CNC2CCC2)cc2cccc(Cl)c21. The highest BCUT2D eigenvalue weighted by molar-refractivity contribution is 6.35. The van der Waals surface area contributed by atoms with Crippen molar-refractivity contribution >= 4 is 22.5 Å². The molecule has 0 unspecified atom stereocenters. The van der Waals surface area contributed by atoms with E-state index >= 15 is 0 Å². The van der Waals surface area contributed by atoms with Crippen LogP contribution in [0.15, 0.2) is 24.3 Å². The largest absolute Gasteiger partial charge is 0.340 e. The van der Waals surface area contributed by atoms with Gasteiger partial charge in [-0.25, -0.2) is 0 Å². The molecule has 0 atom stereocenters. The highest BCUT2D eigenvalue weighted by atomic mass is 35.5. The van der Waals surface area contributed by atoms with Gasteiger partial charge >= 0.3 is 0 Å². The Morgan fingerprint density at radius 2 is 2.16 bits per heavy atom. The van der Waals surface area contributed by atoms with Crippen molar-refractivity contribution in [3.8, 4) is 0 Å². The predicted octanol–water partition coefficient (Wildman–Crippen LogP) is 4.52. The summed E-state index contributed by atoms with van der Waals surface area (Å²) >= 11 is 6.38. The number of para-hydroxylation sites is 1. The maximum absolute atomic E-state index is 6.38. The fraction of sp³-hybridized carbons (Fsp3) is 0.500. The van der Waals surface area contributed by atoms with Gasteiger partial charge < -0.3 is 9.88 Å². The average molecular weight is 277 g/mol. The summed E-state index contributed by atoms with van der Waals surface area (Å²) in [5, 5.41) is 5.74. The highest BCUT2D eigenvalue weighted by Gasteiger charge is 2.18. The molecule has 2 aromatic rings. The van der Waals surface area contributed by atoms with E-state index in [2.05, 4.69) is 35.9 Å². The Kier molecular flexibility index (Phi) is 3.55. The molecule has 0 saturated heterocycles. The maximum atomic E-state index is 6.38. The monoisotopic (exact) mass is 276 g/mol. The molecule has 1 aromatic carbocycles. The van der Waals surface area contributed by atoms with Crippen LogP contribution in [0.2, 0.25) is 5.02 Å². The molecule has 0 radical (unpaired) electrons. The molecule has 1 saturated carbocycles. The van der Waals surface area contributed by atoms with Crippen molar-refractivity contribution in [3.05, 3.63) is 35.0 Å². The van der Waals surface area contributed by atoms with Gasteiger partial charge in [0.1, 0.15) is 0 Å². The van der Waals surface area contributed by atoms with Crippen molar-refractivity contribution in [2.45, 2.75) is 51.7 Å². The smallest absolute Gasteiger partial charge is 0.0674 e. The summed E-state index contributed by atoms with van der Waals surface area (Å²) in [5.41, 5.74) is 2.51. The minimum absolute atomic E-state index is 0.426. The molecule has 1 N–H and O–H groups in total. The van der Waals surface area contributed by atoms with Crippen LogP contribution in [0.25, 0.3) is 10.9 Å². The summed E-state index contributed by atoms with van der Waals surface area (Å²) in [4.78, 5) is 0. The molecular weight excluding hydrogens is 256 g/mol. The number of hydrogen-bond acceptors (Lipinski definition) is 1. The molecule has 1 aromatic heterocycles. The van der Waals surface area contributed by atoms with Crippen LogP contribution in [0, 0.1) is 0 Å². The fourth-order valence-corrected chi connectivity index (χ4v) is 3.16. The third-order valence-corrected chi connectivity index (χ3v) is 4.39. The van der Waals surface area contributed by atoms with Crippen molar-refractivity contribution in [3.63, 3.8) is 0 Å². The lowest BCUT2D eigenvalue weighted by Crippen LogP contribution is -2.35. The molecule has 2 nitrogen and oxygen atoms in total. The number of halogens is 1. The lowest BCUT2D eigenvalue weighted by atomic mass is 9.93. The lowest BCUT2D eigenvalue weighted by Gasteiger charge is -2.27. The Hall–Kier alpha value is -0.990. The van der Waals surface area contributed by atoms with Crippen molar-refractivity contribution in [1.82, 2.24) is 9.88 Å². The van der Waals surface area contributed by atoms with Crippen LogP contribution in [-0.4, -0.2) is 10.6 Å². The van der Waals surface area contributed by atoms with Gasteiger partial charge in [-0.3, -0.25) is 0 Å². The standard InChI is InChI=1S/C16H21ClN2/c1-11(2)19-14(10-18-13-6-4-7-13)9-12-5-3-8-15(17)16(12)19/h3,5,8-9,11,13,18H,4,6-7,10H2,1-2H3. The zero-order valence-corrected chi connectivity index (χ0v) is 12.4. The summed E-state index contributed by atoms with van der Waals surface area (Å²) in [6.45, 7) is 5.37. The first-order valence-electron chi connectivity index (χ1n) is 7.18. The Morgan fingerprint density at radius 1 is 1.37 bits per heavy atom. The molecule has 3 heteroatoms. The summed E-state index contributed by atoms with van der Waals surface area (Å²) in [6, 6.07) is 9.56. The van der Waals surface area contributed by atoms with E-state index in [1.54, 1.807) is 0 Å². The summed E-state index contributed by atoms with van der Waals surface area (Å²) in [7, 11) is 0. The molecule has 102 valence electrons. The van der Waals surface area contributed by atoms with Crippen molar-refractivity contribution in [2.24, 2.45) is 0 Å². The Balaban J connectivity index is 1.97. The second-order valence-electron chi connectivity index (χ2n) is 5.79. The van der Waals surface area contributed by atoms with E-state index in [1.165, 1.54) is 35.9 Å². The van der Waals surface area contributed by atoms with E-state index in [0.29, 0.717) is 12.1 Å². The van der Waals surface area contributed by atoms with Gasteiger partial charge in [0.2, 0.25) is 0 Å². The Morgan fingerprint density at radius 3 is 2.79 bits per heavy atom. The molecule has 1 heterocycles. The molecule has 19 heavy (non-hydrogen) atoms. The molecule has 1 aliphatic carbocycles. The van der Waals surface area contributed by atoms with Crippen molar-refractivity contribution in [2.75, 3.05) is 0 Å². The van der Waals surface area contributed by atoms with Crippen LogP contribution in [0.4, 0.5) is 0 Å². The summed E-state index contributed by atoms with van der Waals surface area (Å²) in [6.07, 6.45) is 4.02. The van der Waals surface area contributed by atoms with Crippen LogP contribution >= 0.6 is 11.6 Å². The minimum atomic E-state index is 0.426. The number of benzene rings is 1. The van der Waals surface area contributed by atoms with Gasteiger partial charge in [0.15, 0.2) is 0 Å². The van der Waals surface area contributed by atoms with Gasteiger partial charge in [0.05, 0.1) is 10.5 Å². The van der Waals surface area contributed by atoms with E-state index in [9.17, 15) is 0 Å². The quantitative estimate of drug-likeness (QED) is 0.869.